The number of aryl methyl sites for hydroxylation is 1. The molecule has 3 N–H and O–H groups in total. The van der Waals surface area contributed by atoms with Crippen molar-refractivity contribution >= 4 is 5.91 Å². The molecule has 0 spiro atoms. The molecule has 0 saturated carbocycles. The summed E-state index contributed by atoms with van der Waals surface area (Å²) in [5.74, 6) is -0.478. The molecule has 0 atom stereocenters. The third kappa shape index (κ3) is 3.08. The fourth-order valence-electron chi connectivity index (χ4n) is 1.53. The van der Waals surface area contributed by atoms with Crippen LogP contribution in [-0.4, -0.2) is 16.1 Å². The summed E-state index contributed by atoms with van der Waals surface area (Å²) in [5.41, 5.74) is 7.25. The molecule has 0 aliphatic carbocycles. The summed E-state index contributed by atoms with van der Waals surface area (Å²) in [4.78, 5) is 11.0. The largest absolute Gasteiger partial charge is 0.364 e. The number of aromatic nitrogens is 2. The minimum absolute atomic E-state index is 0.110. The molecule has 0 fully saturated rings. The van der Waals surface area contributed by atoms with Crippen LogP contribution >= 0.6 is 0 Å². The van der Waals surface area contributed by atoms with Gasteiger partial charge < -0.3 is 5.73 Å². The summed E-state index contributed by atoms with van der Waals surface area (Å²) < 4.78 is 0. The van der Waals surface area contributed by atoms with Crippen LogP contribution in [0.15, 0.2) is 0 Å². The molecule has 0 bridgehead atoms. The molecule has 0 radical (unpaired) electrons. The highest BCUT2D eigenvalue weighted by atomic mass is 16.1. The average Bonchev–Trinajstić information content (AvgIpc) is 2.50. The van der Waals surface area contributed by atoms with Gasteiger partial charge in [-0.3, -0.25) is 9.89 Å². The van der Waals surface area contributed by atoms with E-state index in [1.165, 1.54) is 0 Å². The maximum atomic E-state index is 11.0. The van der Waals surface area contributed by atoms with Crippen molar-refractivity contribution in [3.05, 3.63) is 17.0 Å². The monoisotopic (exact) mass is 211 g/mol. The highest BCUT2D eigenvalue weighted by molar-refractivity contribution is 5.92. The summed E-state index contributed by atoms with van der Waals surface area (Å²) in [6.07, 6.45) is 0. The van der Waals surface area contributed by atoms with Crippen molar-refractivity contribution < 1.29 is 4.79 Å². The van der Waals surface area contributed by atoms with Crippen molar-refractivity contribution in [3.63, 3.8) is 0 Å². The lowest BCUT2D eigenvalue weighted by Gasteiger charge is -2.18. The zero-order valence-electron chi connectivity index (χ0n) is 10.4. The van der Waals surface area contributed by atoms with Gasteiger partial charge in [0.05, 0.1) is 0 Å². The number of hydrogen-bond donors (Lipinski definition) is 2. The Balaban J connectivity index is 0.000000921. The summed E-state index contributed by atoms with van der Waals surface area (Å²) in [5, 5.41) is 6.66. The second kappa shape index (κ2) is 4.96. The number of nitrogens with one attached hydrogen (secondary N) is 1. The Labute approximate surface area is 91.3 Å². The van der Waals surface area contributed by atoms with Gasteiger partial charge in [0, 0.05) is 11.3 Å². The molecule has 1 aromatic heterocycles. The first-order valence-electron chi connectivity index (χ1n) is 5.19. The van der Waals surface area contributed by atoms with Crippen LogP contribution in [0.4, 0.5) is 0 Å². The first-order valence-corrected chi connectivity index (χ1v) is 5.19. The average molecular weight is 211 g/mol. The number of carbonyl (C=O) groups excluding carboxylic acids is 1. The lowest BCUT2D eigenvalue weighted by atomic mass is 9.85. The number of rotatable bonds is 1. The van der Waals surface area contributed by atoms with Crippen molar-refractivity contribution in [2.24, 2.45) is 5.73 Å². The maximum Gasteiger partial charge on any atom is 0.269 e. The van der Waals surface area contributed by atoms with Crippen LogP contribution in [0.2, 0.25) is 0 Å². The first kappa shape index (κ1) is 13.7. The molecule has 0 unspecified atom stereocenters. The minimum atomic E-state index is -0.478. The molecule has 1 aromatic rings. The number of H-pyrrole nitrogens is 1. The Morgan fingerprint density at radius 2 is 1.80 bits per heavy atom. The third-order valence-corrected chi connectivity index (χ3v) is 1.93. The Morgan fingerprint density at radius 1 is 1.33 bits per heavy atom. The van der Waals surface area contributed by atoms with E-state index in [1.807, 2.05) is 41.5 Å². The van der Waals surface area contributed by atoms with Crippen LogP contribution in [0.5, 0.6) is 0 Å². The third-order valence-electron chi connectivity index (χ3n) is 1.93. The molecular formula is C11H21N3O. The summed E-state index contributed by atoms with van der Waals surface area (Å²) in [6, 6.07) is 0. The predicted molar refractivity (Wildman–Crippen MR) is 61.9 cm³/mol. The lowest BCUT2D eigenvalue weighted by molar-refractivity contribution is 0.0993. The molecule has 1 rings (SSSR count). The van der Waals surface area contributed by atoms with Crippen molar-refractivity contribution in [1.82, 2.24) is 10.2 Å². The number of primary amides is 1. The smallest absolute Gasteiger partial charge is 0.269 e. The standard InChI is InChI=1S/C9H15N3O.C2H6/c1-5-6(9(2,3)4)7(8(10)13)12-11-5;1-2/h1-4H3,(H2,10,13)(H,11,12);1-2H3. The molecule has 0 aliphatic rings. The van der Waals surface area contributed by atoms with Gasteiger partial charge in [-0.1, -0.05) is 34.6 Å². The van der Waals surface area contributed by atoms with Crippen molar-refractivity contribution in [1.29, 1.82) is 0 Å². The maximum absolute atomic E-state index is 11.0. The number of nitrogens with two attached hydrogens (primary N) is 1. The van der Waals surface area contributed by atoms with Gasteiger partial charge in [0.25, 0.3) is 5.91 Å². The van der Waals surface area contributed by atoms with Gasteiger partial charge in [0.2, 0.25) is 0 Å². The molecule has 0 saturated heterocycles. The van der Waals surface area contributed by atoms with Crippen molar-refractivity contribution in [3.8, 4) is 0 Å². The molecule has 4 nitrogen and oxygen atoms in total. The van der Waals surface area contributed by atoms with Gasteiger partial charge in [0.15, 0.2) is 5.69 Å². The Morgan fingerprint density at radius 3 is 2.07 bits per heavy atom. The van der Waals surface area contributed by atoms with E-state index in [0.29, 0.717) is 5.69 Å². The molecule has 1 amide bonds. The predicted octanol–water partition coefficient (Wildman–Crippen LogP) is 2.14. The van der Waals surface area contributed by atoms with E-state index in [0.717, 1.165) is 11.3 Å². The van der Waals surface area contributed by atoms with E-state index in [4.69, 9.17) is 5.73 Å². The molecular weight excluding hydrogens is 190 g/mol. The van der Waals surface area contributed by atoms with E-state index < -0.39 is 5.91 Å². The number of aromatic amines is 1. The van der Waals surface area contributed by atoms with E-state index in [1.54, 1.807) is 0 Å². The second-order valence-electron chi connectivity index (χ2n) is 4.19. The van der Waals surface area contributed by atoms with E-state index >= 15 is 0 Å². The summed E-state index contributed by atoms with van der Waals surface area (Å²) in [7, 11) is 0. The van der Waals surface area contributed by atoms with Crippen LogP contribution in [0.1, 0.15) is 56.4 Å². The normalized spacial score (nSPS) is 10.5. The summed E-state index contributed by atoms with van der Waals surface area (Å²) in [6.45, 7) is 12.0. The topological polar surface area (TPSA) is 71.8 Å². The van der Waals surface area contributed by atoms with E-state index in [2.05, 4.69) is 10.2 Å². The fourth-order valence-corrected chi connectivity index (χ4v) is 1.53. The van der Waals surface area contributed by atoms with Gasteiger partial charge in [-0.05, 0) is 12.3 Å². The van der Waals surface area contributed by atoms with Crippen LogP contribution < -0.4 is 5.73 Å². The van der Waals surface area contributed by atoms with Gasteiger partial charge in [0.1, 0.15) is 0 Å². The van der Waals surface area contributed by atoms with Gasteiger partial charge in [-0.2, -0.15) is 5.10 Å². The number of carbonyl (C=O) groups is 1. The molecule has 86 valence electrons. The SMILES string of the molecule is CC.Cc1[nH]nc(C(N)=O)c1C(C)(C)C. The van der Waals surface area contributed by atoms with E-state index in [9.17, 15) is 4.79 Å². The highest BCUT2D eigenvalue weighted by Gasteiger charge is 2.25. The zero-order chi connectivity index (χ0) is 12.2. The van der Waals surface area contributed by atoms with Crippen LogP contribution in [0.25, 0.3) is 0 Å². The van der Waals surface area contributed by atoms with Gasteiger partial charge in [-0.15, -0.1) is 0 Å². The Hall–Kier alpha value is -1.32. The first-order chi connectivity index (χ1) is 6.84. The number of hydrogen-bond acceptors (Lipinski definition) is 2. The Bertz CT molecular complexity index is 334. The van der Waals surface area contributed by atoms with Crippen LogP contribution in [0, 0.1) is 6.92 Å². The molecule has 0 aromatic carbocycles. The molecule has 15 heavy (non-hydrogen) atoms. The number of nitrogens with zero attached hydrogens (tertiary/aromatic N) is 1. The van der Waals surface area contributed by atoms with Crippen LogP contribution in [0.3, 0.4) is 0 Å². The molecule has 1 heterocycles. The minimum Gasteiger partial charge on any atom is -0.364 e. The lowest BCUT2D eigenvalue weighted by Crippen LogP contribution is -2.21. The van der Waals surface area contributed by atoms with Gasteiger partial charge in [-0.25, -0.2) is 0 Å². The van der Waals surface area contributed by atoms with Crippen LogP contribution in [-0.2, 0) is 5.41 Å². The quantitative estimate of drug-likeness (QED) is 0.747. The van der Waals surface area contributed by atoms with Crippen molar-refractivity contribution in [2.75, 3.05) is 0 Å². The zero-order valence-corrected chi connectivity index (χ0v) is 10.4. The summed E-state index contributed by atoms with van der Waals surface area (Å²) >= 11 is 0. The van der Waals surface area contributed by atoms with Crippen molar-refractivity contribution in [2.45, 2.75) is 47.0 Å². The molecule has 0 aliphatic heterocycles. The number of amides is 1. The highest BCUT2D eigenvalue weighted by Crippen LogP contribution is 2.26. The fraction of sp³-hybridized carbons (Fsp3) is 0.636. The Kier molecular flexibility index (Phi) is 4.52. The van der Waals surface area contributed by atoms with Gasteiger partial charge >= 0.3 is 0 Å². The molecule has 4 heteroatoms. The second-order valence-corrected chi connectivity index (χ2v) is 4.19. The van der Waals surface area contributed by atoms with E-state index in [-0.39, 0.29) is 5.41 Å².